The van der Waals surface area contributed by atoms with Crippen molar-refractivity contribution < 1.29 is 14.7 Å². The van der Waals surface area contributed by atoms with Gasteiger partial charge in [-0.05, 0) is 0 Å². The van der Waals surface area contributed by atoms with E-state index in [2.05, 4.69) is 0 Å². The minimum absolute atomic E-state index is 0.533. The van der Waals surface area contributed by atoms with Crippen molar-refractivity contribution >= 4 is 7.28 Å². The summed E-state index contributed by atoms with van der Waals surface area (Å²) in [6.07, 6.45) is 0.533. The third-order valence-electron chi connectivity index (χ3n) is 3.22. The van der Waals surface area contributed by atoms with Gasteiger partial charge in [0.1, 0.15) is 0 Å². The summed E-state index contributed by atoms with van der Waals surface area (Å²) in [5.41, 5.74) is 0. The van der Waals surface area contributed by atoms with Gasteiger partial charge in [0.15, 0.2) is 0 Å². The topological polar surface area (TPSA) is 60.7 Å². The second-order valence-corrected chi connectivity index (χ2v) is 9.83. The Morgan fingerprint density at radius 3 is 1.31 bits per heavy atom. The summed E-state index contributed by atoms with van der Waals surface area (Å²) in [4.78, 5) is 30.3. The molecule has 0 rings (SSSR count). The molecule has 0 aromatic carbocycles. The first-order valence-electron chi connectivity index (χ1n) is 4.61. The predicted octanol–water partition coefficient (Wildman–Crippen LogP) is 2.25. The maximum atomic E-state index is 10.1. The van der Waals surface area contributed by atoms with E-state index in [1.807, 2.05) is 6.92 Å². The SMILES string of the molecule is CCC(C)(C)P(O)(O)(O)C(C)(C)C. The summed E-state index contributed by atoms with van der Waals surface area (Å²) in [5, 5.41) is -1.73. The molecular weight excluding hydrogens is 187 g/mol. The molecule has 0 aliphatic carbocycles. The van der Waals surface area contributed by atoms with Crippen molar-refractivity contribution in [2.24, 2.45) is 0 Å². The van der Waals surface area contributed by atoms with Gasteiger partial charge in [-0.15, -0.1) is 0 Å². The normalized spacial score (nSPS) is 18.1. The zero-order valence-corrected chi connectivity index (χ0v) is 10.4. The molecule has 0 saturated carbocycles. The van der Waals surface area contributed by atoms with Gasteiger partial charge < -0.3 is 0 Å². The van der Waals surface area contributed by atoms with Crippen molar-refractivity contribution in [1.29, 1.82) is 0 Å². The summed E-state index contributed by atoms with van der Waals surface area (Å²) in [5.74, 6) is 0. The zero-order chi connectivity index (χ0) is 11.2. The Hall–Kier alpha value is 0.310. The van der Waals surface area contributed by atoms with E-state index in [4.69, 9.17) is 0 Å². The molecule has 3 nitrogen and oxygen atoms in total. The van der Waals surface area contributed by atoms with Crippen LogP contribution in [0.15, 0.2) is 0 Å². The molecule has 0 radical (unpaired) electrons. The molecule has 13 heavy (non-hydrogen) atoms. The van der Waals surface area contributed by atoms with Crippen molar-refractivity contribution in [2.75, 3.05) is 0 Å². The fourth-order valence-electron chi connectivity index (χ4n) is 1.20. The fraction of sp³-hybridized carbons (Fsp3) is 1.00. The van der Waals surface area contributed by atoms with E-state index >= 15 is 0 Å². The third-order valence-corrected chi connectivity index (χ3v) is 8.23. The molecule has 0 aliphatic heterocycles. The first-order valence-corrected chi connectivity index (χ1v) is 6.70. The van der Waals surface area contributed by atoms with Crippen LogP contribution < -0.4 is 0 Å². The van der Waals surface area contributed by atoms with Crippen molar-refractivity contribution in [3.63, 3.8) is 0 Å². The van der Waals surface area contributed by atoms with E-state index in [-0.39, 0.29) is 0 Å². The second-order valence-electron chi connectivity index (χ2n) is 5.32. The van der Waals surface area contributed by atoms with Gasteiger partial charge in [0, 0.05) is 0 Å². The van der Waals surface area contributed by atoms with E-state index in [0.717, 1.165) is 0 Å². The zero-order valence-electron chi connectivity index (χ0n) is 9.50. The molecule has 3 N–H and O–H groups in total. The molecule has 0 spiro atoms. The quantitative estimate of drug-likeness (QED) is 0.612. The van der Waals surface area contributed by atoms with Crippen LogP contribution in [-0.4, -0.2) is 25.0 Å². The van der Waals surface area contributed by atoms with Crippen molar-refractivity contribution in [3.8, 4) is 0 Å². The van der Waals surface area contributed by atoms with Crippen LogP contribution in [0.25, 0.3) is 0 Å². The molecule has 4 heteroatoms. The van der Waals surface area contributed by atoms with E-state index in [0.29, 0.717) is 6.42 Å². The Labute approximate surface area is 81.0 Å². The van der Waals surface area contributed by atoms with Crippen LogP contribution in [0.1, 0.15) is 48.0 Å². The molecule has 0 aromatic heterocycles. The van der Waals surface area contributed by atoms with Crippen LogP contribution in [0.5, 0.6) is 0 Å². The predicted molar refractivity (Wildman–Crippen MR) is 57.7 cm³/mol. The molecule has 0 unspecified atom stereocenters. The van der Waals surface area contributed by atoms with Crippen molar-refractivity contribution in [1.82, 2.24) is 0 Å². The van der Waals surface area contributed by atoms with E-state index in [1.165, 1.54) is 0 Å². The monoisotopic (exact) mass is 210 g/mol. The summed E-state index contributed by atoms with van der Waals surface area (Å²) < 4.78 is 0. The molecule has 0 fully saturated rings. The molecule has 0 bridgehead atoms. The summed E-state index contributed by atoms with van der Waals surface area (Å²) in [6, 6.07) is 0. The average molecular weight is 210 g/mol. The molecule has 0 aromatic rings. The first kappa shape index (κ1) is 13.3. The van der Waals surface area contributed by atoms with Crippen LogP contribution in [-0.2, 0) is 0 Å². The Morgan fingerprint density at radius 1 is 0.923 bits per heavy atom. The molecule has 0 amide bonds. The van der Waals surface area contributed by atoms with Crippen LogP contribution in [0.3, 0.4) is 0 Å². The molecule has 82 valence electrons. The number of hydrogen-bond acceptors (Lipinski definition) is 3. The van der Waals surface area contributed by atoms with Gasteiger partial charge in [-0.2, -0.15) is 0 Å². The van der Waals surface area contributed by atoms with Gasteiger partial charge in [0.05, 0.1) is 0 Å². The van der Waals surface area contributed by atoms with Gasteiger partial charge in [-0.3, -0.25) is 0 Å². The molecule has 0 saturated heterocycles. The summed E-state index contributed by atoms with van der Waals surface area (Å²) in [6.45, 7) is 10.2. The van der Waals surface area contributed by atoms with Crippen LogP contribution in [0.2, 0.25) is 0 Å². The third kappa shape index (κ3) is 1.75. The van der Waals surface area contributed by atoms with Gasteiger partial charge in [-0.25, -0.2) is 0 Å². The average Bonchev–Trinajstić information content (AvgIpc) is 1.83. The second kappa shape index (κ2) is 2.90. The minimum atomic E-state index is -4.61. The summed E-state index contributed by atoms with van der Waals surface area (Å²) in [7, 11) is -4.61. The number of rotatable bonds is 2. The van der Waals surface area contributed by atoms with Crippen LogP contribution in [0.4, 0.5) is 0 Å². The fourth-order valence-corrected chi connectivity index (χ4v) is 3.60. The van der Waals surface area contributed by atoms with Crippen LogP contribution in [0, 0.1) is 0 Å². The Bertz CT molecular complexity index is 195. The Balaban J connectivity index is 5.37. The van der Waals surface area contributed by atoms with Crippen molar-refractivity contribution in [2.45, 2.75) is 58.3 Å². The van der Waals surface area contributed by atoms with Gasteiger partial charge >= 0.3 is 80.2 Å². The van der Waals surface area contributed by atoms with Gasteiger partial charge in [0.25, 0.3) is 0 Å². The Morgan fingerprint density at radius 2 is 1.23 bits per heavy atom. The first-order chi connectivity index (χ1) is 5.35. The molecular formula is C9H23O3P. The number of hydrogen-bond donors (Lipinski definition) is 3. The van der Waals surface area contributed by atoms with E-state index in [9.17, 15) is 14.7 Å². The van der Waals surface area contributed by atoms with Gasteiger partial charge in [0.2, 0.25) is 0 Å². The Kier molecular flexibility index (Phi) is 2.97. The standard InChI is InChI=1S/C9H23O3P/c1-7-9(5,6)13(10,11,12)8(2,3)4/h10-12H,7H2,1-6H3. The van der Waals surface area contributed by atoms with E-state index in [1.54, 1.807) is 34.6 Å². The molecule has 0 heterocycles. The molecule has 0 aliphatic rings. The summed E-state index contributed by atoms with van der Waals surface area (Å²) >= 11 is 0. The van der Waals surface area contributed by atoms with Gasteiger partial charge in [-0.1, -0.05) is 0 Å². The molecule has 0 atom stereocenters. The van der Waals surface area contributed by atoms with Crippen molar-refractivity contribution in [3.05, 3.63) is 0 Å². The maximum absolute atomic E-state index is 10.1. The van der Waals surface area contributed by atoms with Crippen LogP contribution >= 0.6 is 7.28 Å². The van der Waals surface area contributed by atoms with E-state index < -0.39 is 17.6 Å².